The number of unbranched alkanes of at least 4 members (excludes halogenated alkanes) is 1. The highest BCUT2D eigenvalue weighted by molar-refractivity contribution is 6.35. The van der Waals surface area contributed by atoms with E-state index in [9.17, 15) is 14.4 Å². The van der Waals surface area contributed by atoms with E-state index >= 15 is 0 Å². The Morgan fingerprint density at radius 2 is 2.18 bits per heavy atom. The number of nitrogens with one attached hydrogen (secondary N) is 2. The van der Waals surface area contributed by atoms with Crippen LogP contribution in [0.5, 0.6) is 0 Å². The Morgan fingerprint density at radius 1 is 1.41 bits per heavy atom. The zero-order valence-electron chi connectivity index (χ0n) is 9.95. The molecule has 0 aromatic heterocycles. The van der Waals surface area contributed by atoms with Crippen LogP contribution in [0.2, 0.25) is 0 Å². The number of rotatable bonds is 4. The molecular formula is C11H18N2O4. The van der Waals surface area contributed by atoms with Crippen LogP contribution in [0.4, 0.5) is 0 Å². The lowest BCUT2D eigenvalue weighted by molar-refractivity contribution is -0.142. The Hall–Kier alpha value is -1.43. The fourth-order valence-electron chi connectivity index (χ4n) is 1.45. The highest BCUT2D eigenvalue weighted by Gasteiger charge is 2.26. The Bertz CT molecular complexity index is 304. The standard InChI is InChI=1S/C11H18N2O4/c1-2-3-5-12-10(15)11(16)13-8-7-17-6-4-9(8)14/h8H,2-7H2,1H3,(H,12,15)(H,13,16). The molecule has 0 spiro atoms. The van der Waals surface area contributed by atoms with Crippen LogP contribution in [0, 0.1) is 0 Å². The van der Waals surface area contributed by atoms with Gasteiger partial charge in [0.2, 0.25) is 0 Å². The van der Waals surface area contributed by atoms with Gasteiger partial charge in [-0.15, -0.1) is 0 Å². The topological polar surface area (TPSA) is 84.5 Å². The van der Waals surface area contributed by atoms with E-state index in [-0.39, 0.29) is 18.8 Å². The van der Waals surface area contributed by atoms with E-state index in [2.05, 4.69) is 10.6 Å². The van der Waals surface area contributed by atoms with Gasteiger partial charge in [-0.2, -0.15) is 0 Å². The van der Waals surface area contributed by atoms with E-state index in [0.717, 1.165) is 12.8 Å². The van der Waals surface area contributed by atoms with Gasteiger partial charge in [0, 0.05) is 13.0 Å². The van der Waals surface area contributed by atoms with E-state index in [0.29, 0.717) is 13.2 Å². The molecule has 0 saturated carbocycles. The van der Waals surface area contributed by atoms with Gasteiger partial charge in [-0.05, 0) is 6.42 Å². The molecule has 1 aliphatic heterocycles. The van der Waals surface area contributed by atoms with Crippen molar-refractivity contribution in [2.24, 2.45) is 0 Å². The number of hydrogen-bond acceptors (Lipinski definition) is 4. The van der Waals surface area contributed by atoms with Crippen molar-refractivity contribution in [3.05, 3.63) is 0 Å². The number of amides is 2. The zero-order valence-corrected chi connectivity index (χ0v) is 9.95. The molecule has 1 saturated heterocycles. The van der Waals surface area contributed by atoms with Crippen LogP contribution in [0.3, 0.4) is 0 Å². The number of Topliss-reactive ketones (excluding diaryl/α,β-unsaturated/α-hetero) is 1. The lowest BCUT2D eigenvalue weighted by Gasteiger charge is -2.21. The minimum Gasteiger partial charge on any atom is -0.378 e. The molecule has 0 bridgehead atoms. The van der Waals surface area contributed by atoms with Crippen molar-refractivity contribution in [3.8, 4) is 0 Å². The van der Waals surface area contributed by atoms with Gasteiger partial charge in [0.25, 0.3) is 0 Å². The van der Waals surface area contributed by atoms with Crippen molar-refractivity contribution in [2.75, 3.05) is 19.8 Å². The van der Waals surface area contributed by atoms with Crippen molar-refractivity contribution in [3.63, 3.8) is 0 Å². The minimum absolute atomic E-state index is 0.0917. The van der Waals surface area contributed by atoms with Crippen molar-refractivity contribution < 1.29 is 19.1 Å². The molecule has 6 heteroatoms. The second kappa shape index (κ2) is 7.01. The molecule has 0 aromatic carbocycles. The third-order valence-electron chi connectivity index (χ3n) is 2.49. The summed E-state index contributed by atoms with van der Waals surface area (Å²) >= 11 is 0. The summed E-state index contributed by atoms with van der Waals surface area (Å²) in [6.45, 7) is 2.99. The Kier molecular flexibility index (Phi) is 5.62. The number of hydrogen-bond donors (Lipinski definition) is 2. The number of carbonyl (C=O) groups is 3. The van der Waals surface area contributed by atoms with E-state index in [1.807, 2.05) is 6.92 Å². The summed E-state index contributed by atoms with van der Waals surface area (Å²) in [7, 11) is 0. The molecule has 1 atom stereocenters. The largest absolute Gasteiger partial charge is 0.378 e. The lowest BCUT2D eigenvalue weighted by Crippen LogP contribution is -2.51. The van der Waals surface area contributed by atoms with Gasteiger partial charge in [-0.25, -0.2) is 0 Å². The average molecular weight is 242 g/mol. The summed E-state index contributed by atoms with van der Waals surface area (Å²) in [6, 6.07) is -0.687. The third-order valence-corrected chi connectivity index (χ3v) is 2.49. The molecule has 0 aromatic rings. The van der Waals surface area contributed by atoms with Gasteiger partial charge in [0.05, 0.1) is 13.2 Å². The summed E-state index contributed by atoms with van der Waals surface area (Å²) in [5.74, 6) is -1.56. The lowest BCUT2D eigenvalue weighted by atomic mass is 10.1. The highest BCUT2D eigenvalue weighted by Crippen LogP contribution is 2.01. The Balaban J connectivity index is 2.32. The number of carbonyl (C=O) groups excluding carboxylic acids is 3. The molecule has 0 radical (unpaired) electrons. The first kappa shape index (κ1) is 13.6. The molecule has 96 valence electrons. The fraction of sp³-hybridized carbons (Fsp3) is 0.727. The van der Waals surface area contributed by atoms with E-state index in [1.54, 1.807) is 0 Å². The minimum atomic E-state index is -0.773. The molecule has 1 aliphatic rings. The maximum Gasteiger partial charge on any atom is 0.309 e. The van der Waals surface area contributed by atoms with Crippen molar-refractivity contribution >= 4 is 17.6 Å². The summed E-state index contributed by atoms with van der Waals surface area (Å²) in [4.78, 5) is 34.1. The maximum absolute atomic E-state index is 11.4. The first-order valence-corrected chi connectivity index (χ1v) is 5.84. The zero-order chi connectivity index (χ0) is 12.7. The van der Waals surface area contributed by atoms with E-state index in [4.69, 9.17) is 4.74 Å². The quantitative estimate of drug-likeness (QED) is 0.508. The molecule has 1 fully saturated rings. The second-order valence-corrected chi connectivity index (χ2v) is 3.93. The second-order valence-electron chi connectivity index (χ2n) is 3.93. The normalized spacial score (nSPS) is 19.8. The van der Waals surface area contributed by atoms with Gasteiger partial charge in [0.15, 0.2) is 5.78 Å². The van der Waals surface area contributed by atoms with Crippen LogP contribution >= 0.6 is 0 Å². The van der Waals surface area contributed by atoms with Gasteiger partial charge < -0.3 is 15.4 Å². The Labute approximate surface area is 100 Å². The monoisotopic (exact) mass is 242 g/mol. The molecule has 1 unspecified atom stereocenters. The maximum atomic E-state index is 11.4. The summed E-state index contributed by atoms with van der Waals surface area (Å²) in [5, 5.41) is 4.85. The van der Waals surface area contributed by atoms with Crippen LogP contribution < -0.4 is 10.6 Å². The van der Waals surface area contributed by atoms with Crippen LogP contribution in [-0.4, -0.2) is 43.4 Å². The van der Waals surface area contributed by atoms with Crippen LogP contribution in [-0.2, 0) is 19.1 Å². The molecular weight excluding hydrogens is 224 g/mol. The molecule has 17 heavy (non-hydrogen) atoms. The fourth-order valence-corrected chi connectivity index (χ4v) is 1.45. The molecule has 1 heterocycles. The predicted molar refractivity (Wildman–Crippen MR) is 60.3 cm³/mol. The summed E-state index contributed by atoms with van der Waals surface area (Å²) in [6.07, 6.45) is 2.05. The molecule has 0 aliphatic carbocycles. The first-order chi connectivity index (χ1) is 8.15. The molecule has 2 amide bonds. The molecule has 6 nitrogen and oxygen atoms in total. The molecule has 1 rings (SSSR count). The average Bonchev–Trinajstić information content (AvgIpc) is 2.32. The smallest absolute Gasteiger partial charge is 0.309 e. The van der Waals surface area contributed by atoms with Crippen LogP contribution in [0.15, 0.2) is 0 Å². The summed E-state index contributed by atoms with van der Waals surface area (Å²) in [5.41, 5.74) is 0. The highest BCUT2D eigenvalue weighted by atomic mass is 16.5. The number of ether oxygens (including phenoxy) is 1. The number of ketones is 1. The van der Waals surface area contributed by atoms with Crippen molar-refractivity contribution in [1.82, 2.24) is 10.6 Å². The first-order valence-electron chi connectivity index (χ1n) is 5.84. The van der Waals surface area contributed by atoms with Gasteiger partial charge >= 0.3 is 11.8 Å². The van der Waals surface area contributed by atoms with Gasteiger partial charge in [-0.1, -0.05) is 13.3 Å². The van der Waals surface area contributed by atoms with Crippen molar-refractivity contribution in [1.29, 1.82) is 0 Å². The van der Waals surface area contributed by atoms with Crippen molar-refractivity contribution in [2.45, 2.75) is 32.2 Å². The third kappa shape index (κ3) is 4.52. The van der Waals surface area contributed by atoms with Crippen LogP contribution in [0.25, 0.3) is 0 Å². The SMILES string of the molecule is CCCCNC(=O)C(=O)NC1COCCC1=O. The summed E-state index contributed by atoms with van der Waals surface area (Å²) < 4.78 is 5.06. The van der Waals surface area contributed by atoms with E-state index in [1.165, 1.54) is 0 Å². The van der Waals surface area contributed by atoms with E-state index < -0.39 is 17.9 Å². The Morgan fingerprint density at radius 3 is 2.82 bits per heavy atom. The van der Waals surface area contributed by atoms with Crippen LogP contribution in [0.1, 0.15) is 26.2 Å². The molecule has 2 N–H and O–H groups in total. The van der Waals surface area contributed by atoms with Gasteiger partial charge in [0.1, 0.15) is 6.04 Å². The van der Waals surface area contributed by atoms with Gasteiger partial charge in [-0.3, -0.25) is 14.4 Å². The predicted octanol–water partition coefficient (Wildman–Crippen LogP) is -0.623.